The van der Waals surface area contributed by atoms with Crippen molar-refractivity contribution in [2.24, 2.45) is 5.73 Å². The molecule has 0 aromatic carbocycles. The van der Waals surface area contributed by atoms with Crippen LogP contribution >= 0.6 is 39.7 Å². The Bertz CT molecular complexity index is 72.7. The summed E-state index contributed by atoms with van der Waals surface area (Å²) in [6.45, 7) is 0.681. The van der Waals surface area contributed by atoms with E-state index in [1.54, 1.807) is 0 Å². The van der Waals surface area contributed by atoms with Crippen molar-refractivity contribution >= 4 is 39.7 Å². The molecule has 9 heavy (non-hydrogen) atoms. The maximum Gasteiger partial charge on any atom is 0.0165 e. The number of nitrogens with two attached hydrogens (primary N) is 1. The molecule has 0 aliphatic heterocycles. The van der Waals surface area contributed by atoms with Crippen LogP contribution < -0.4 is 5.73 Å². The molecule has 0 aliphatic carbocycles. The van der Waals surface area contributed by atoms with Gasteiger partial charge in [-0.1, -0.05) is 0 Å². The van der Waals surface area contributed by atoms with Crippen molar-refractivity contribution in [3.05, 3.63) is 0 Å². The summed E-state index contributed by atoms with van der Waals surface area (Å²) in [6, 6.07) is 0. The summed E-state index contributed by atoms with van der Waals surface area (Å²) < 4.78 is 0. The number of unbranched alkanes of at least 4 members (excludes halogenated alkanes) is 1. The molecule has 0 fully saturated rings. The lowest BCUT2D eigenvalue weighted by Gasteiger charge is -2.13. The Kier molecular flexibility index (Phi) is 5.56. The van der Waals surface area contributed by atoms with E-state index < -0.39 is 7.67 Å². The minimum absolute atomic E-state index is 0.675. The van der Waals surface area contributed by atoms with Gasteiger partial charge in [0.05, 0.1) is 0 Å². The van der Waals surface area contributed by atoms with Gasteiger partial charge in [-0.25, -0.2) is 0 Å². The summed E-state index contributed by atoms with van der Waals surface area (Å²) in [5, 5.41) is 0. The first-order valence-corrected chi connectivity index (χ1v) is 6.94. The summed E-state index contributed by atoms with van der Waals surface area (Å²) in [4.78, 5) is 0. The van der Waals surface area contributed by atoms with Gasteiger partial charge in [-0.05, 0) is 59.1 Å². The van der Waals surface area contributed by atoms with E-state index in [0.717, 1.165) is 12.8 Å². The Balaban J connectivity index is 3.07. The van der Waals surface area contributed by atoms with E-state index in [9.17, 15) is 0 Å². The van der Waals surface area contributed by atoms with Crippen LogP contribution in [0.25, 0.3) is 0 Å². The molecule has 0 amide bonds. The van der Waals surface area contributed by atoms with Gasteiger partial charge in [0.2, 0.25) is 0 Å². The van der Waals surface area contributed by atoms with Crippen LogP contribution in [0.3, 0.4) is 0 Å². The van der Waals surface area contributed by atoms with Crippen LogP contribution in [0.4, 0.5) is 0 Å². The van der Waals surface area contributed by atoms with Crippen molar-refractivity contribution in [1.82, 2.24) is 0 Å². The molecule has 2 N–H and O–H groups in total. The number of halogens is 3. The highest BCUT2D eigenvalue weighted by atomic mass is 36.2. The molecule has 0 aliphatic rings. The van der Waals surface area contributed by atoms with E-state index in [-0.39, 0.29) is 0 Å². The highest BCUT2D eigenvalue weighted by molar-refractivity contribution is 8.79. The fraction of sp³-hybridized carbons (Fsp3) is 1.00. The van der Waals surface area contributed by atoms with Crippen LogP contribution in [0, 0.1) is 0 Å². The first-order chi connectivity index (χ1) is 4.06. The third-order valence-electron chi connectivity index (χ3n) is 0.830. The highest BCUT2D eigenvalue weighted by Gasteiger charge is 2.11. The minimum atomic E-state index is -1.84. The van der Waals surface area contributed by atoms with Gasteiger partial charge in [0.1, 0.15) is 0 Å². The van der Waals surface area contributed by atoms with Gasteiger partial charge < -0.3 is 5.73 Å². The smallest absolute Gasteiger partial charge is 0.0165 e. The predicted molar refractivity (Wildman–Crippen MR) is 48.3 cm³/mol. The molecule has 1 nitrogen and oxygen atoms in total. The minimum Gasteiger partial charge on any atom is -0.330 e. The molecule has 0 spiro atoms. The molecule has 0 bridgehead atoms. The fourth-order valence-electron chi connectivity index (χ4n) is 0.410. The average molecular weight is 211 g/mol. The van der Waals surface area contributed by atoms with Gasteiger partial charge >= 0.3 is 0 Å². The third kappa shape index (κ3) is 9.18. The Labute approximate surface area is 70.7 Å². The molecule has 0 saturated heterocycles. The number of rotatable bonds is 4. The maximum atomic E-state index is 5.54. The molecule has 0 saturated carbocycles. The van der Waals surface area contributed by atoms with Crippen LogP contribution in [0.2, 0.25) is 0 Å². The lowest BCUT2D eigenvalue weighted by atomic mass is 10.3. The summed E-state index contributed by atoms with van der Waals surface area (Å²) in [7, 11) is 14.8. The first-order valence-electron chi connectivity index (χ1n) is 2.66. The van der Waals surface area contributed by atoms with Crippen molar-refractivity contribution < 1.29 is 0 Å². The first kappa shape index (κ1) is 10.2. The zero-order chi connectivity index (χ0) is 7.33. The standard InChI is InChI=1S/C4H10Cl3NS/c5-9(6,7)4-2-1-3-8/h1-4,8H2. The molecule has 0 unspecified atom stereocenters. The van der Waals surface area contributed by atoms with Crippen molar-refractivity contribution in [1.29, 1.82) is 0 Å². The second kappa shape index (κ2) is 4.91. The molecule has 0 rings (SSSR count). The van der Waals surface area contributed by atoms with Gasteiger partial charge in [0, 0.05) is 5.75 Å². The van der Waals surface area contributed by atoms with E-state index in [1.165, 1.54) is 0 Å². The fourth-order valence-corrected chi connectivity index (χ4v) is 1.92. The van der Waals surface area contributed by atoms with Crippen LogP contribution in [-0.4, -0.2) is 12.3 Å². The average Bonchev–Trinajstić information content (AvgIpc) is 1.63. The lowest BCUT2D eigenvalue weighted by Crippen LogP contribution is -1.99. The van der Waals surface area contributed by atoms with E-state index in [4.69, 9.17) is 37.8 Å². The number of hydrogen-bond acceptors (Lipinski definition) is 1. The largest absolute Gasteiger partial charge is 0.330 e. The van der Waals surface area contributed by atoms with Gasteiger partial charge in [0.25, 0.3) is 0 Å². The van der Waals surface area contributed by atoms with Crippen molar-refractivity contribution in [3.8, 4) is 0 Å². The van der Waals surface area contributed by atoms with Gasteiger partial charge in [-0.2, -0.15) is 0 Å². The Morgan fingerprint density at radius 2 is 1.67 bits per heavy atom. The monoisotopic (exact) mass is 209 g/mol. The predicted octanol–water partition coefficient (Wildman–Crippen LogP) is 2.99. The second-order valence-corrected chi connectivity index (χ2v) is 9.28. The quantitative estimate of drug-likeness (QED) is 0.710. The van der Waals surface area contributed by atoms with Crippen LogP contribution in [0.1, 0.15) is 12.8 Å². The molecule has 0 aromatic heterocycles. The van der Waals surface area contributed by atoms with E-state index >= 15 is 0 Å². The maximum absolute atomic E-state index is 5.54. The molecule has 0 atom stereocenters. The Hall–Kier alpha value is 1.18. The van der Waals surface area contributed by atoms with Crippen LogP contribution in [0.5, 0.6) is 0 Å². The Morgan fingerprint density at radius 1 is 1.11 bits per heavy atom. The topological polar surface area (TPSA) is 26.0 Å². The van der Waals surface area contributed by atoms with Crippen molar-refractivity contribution in [2.45, 2.75) is 12.8 Å². The molecule has 58 valence electrons. The summed E-state index contributed by atoms with van der Waals surface area (Å²) in [6.07, 6.45) is 1.86. The van der Waals surface area contributed by atoms with Crippen molar-refractivity contribution in [3.63, 3.8) is 0 Å². The van der Waals surface area contributed by atoms with E-state index in [2.05, 4.69) is 0 Å². The van der Waals surface area contributed by atoms with E-state index in [0.29, 0.717) is 12.3 Å². The van der Waals surface area contributed by atoms with Crippen LogP contribution in [-0.2, 0) is 0 Å². The molecular formula is C4H10Cl3NS. The van der Waals surface area contributed by atoms with Gasteiger partial charge in [-0.15, -0.1) is 0 Å². The normalized spacial score (nSPS) is 13.8. The van der Waals surface area contributed by atoms with Crippen LogP contribution in [0.15, 0.2) is 0 Å². The summed E-state index contributed by atoms with van der Waals surface area (Å²) in [5.74, 6) is 0.675. The zero-order valence-electron chi connectivity index (χ0n) is 4.95. The highest BCUT2D eigenvalue weighted by Crippen LogP contribution is 2.63. The lowest BCUT2D eigenvalue weighted by molar-refractivity contribution is 0.815. The summed E-state index contributed by atoms with van der Waals surface area (Å²) in [5.41, 5.74) is 5.24. The molecule has 0 heterocycles. The van der Waals surface area contributed by atoms with Gasteiger partial charge in [0.15, 0.2) is 0 Å². The zero-order valence-corrected chi connectivity index (χ0v) is 8.03. The third-order valence-corrected chi connectivity index (χ3v) is 2.97. The second-order valence-electron chi connectivity index (χ2n) is 1.70. The Morgan fingerprint density at radius 3 is 2.00 bits per heavy atom. The van der Waals surface area contributed by atoms with Crippen molar-refractivity contribution in [2.75, 3.05) is 12.3 Å². The molecule has 0 aromatic rings. The SMILES string of the molecule is NCCCCS(Cl)(Cl)Cl. The molecule has 5 heteroatoms. The van der Waals surface area contributed by atoms with Gasteiger partial charge in [-0.3, -0.25) is 0 Å². The molecular weight excluding hydrogens is 200 g/mol. The number of hydrogen-bond donors (Lipinski definition) is 1. The van der Waals surface area contributed by atoms with E-state index in [1.807, 2.05) is 0 Å². The summed E-state index contributed by atoms with van der Waals surface area (Å²) >= 11 is 0. The molecule has 0 radical (unpaired) electrons.